The normalized spacial score (nSPS) is 22.1. The molecule has 2 rings (SSSR count). The number of thiophene rings is 1. The Bertz CT molecular complexity index is 427. The number of nitrogens with two attached hydrogens (primary N) is 1. The molecule has 2 unspecified atom stereocenters. The van der Waals surface area contributed by atoms with E-state index in [-0.39, 0.29) is 24.4 Å². The lowest BCUT2D eigenvalue weighted by molar-refractivity contribution is -0.122. The van der Waals surface area contributed by atoms with Gasteiger partial charge in [0.1, 0.15) is 0 Å². The zero-order valence-corrected chi connectivity index (χ0v) is 14.7. The molecular weight excluding hydrogens is 360 g/mol. The maximum atomic E-state index is 11.9. The highest BCUT2D eigenvalue weighted by Crippen LogP contribution is 2.25. The molecule has 1 fully saturated rings. The van der Waals surface area contributed by atoms with Gasteiger partial charge in [-0.3, -0.25) is 4.79 Å². The van der Waals surface area contributed by atoms with Crippen LogP contribution in [0.25, 0.3) is 0 Å². The highest BCUT2D eigenvalue weighted by atomic mass is 79.9. The second-order valence-corrected chi connectivity index (χ2v) is 7.77. The van der Waals surface area contributed by atoms with E-state index < -0.39 is 0 Å². The van der Waals surface area contributed by atoms with E-state index in [0.717, 1.165) is 23.0 Å². The van der Waals surface area contributed by atoms with Crippen LogP contribution < -0.4 is 11.1 Å². The van der Waals surface area contributed by atoms with Gasteiger partial charge in [0.15, 0.2) is 0 Å². The van der Waals surface area contributed by atoms with Gasteiger partial charge in [-0.1, -0.05) is 12.8 Å². The molecule has 114 valence electrons. The fourth-order valence-electron chi connectivity index (χ4n) is 2.61. The SMILES string of the molecule is Cl.NC1CCCCC1CC(=O)NCCc1ccc(Br)s1. The Labute approximate surface area is 139 Å². The Hall–Kier alpha value is -0.100. The van der Waals surface area contributed by atoms with E-state index in [9.17, 15) is 4.79 Å². The van der Waals surface area contributed by atoms with Crippen LogP contribution in [0.1, 0.15) is 37.0 Å². The monoisotopic (exact) mass is 380 g/mol. The van der Waals surface area contributed by atoms with Crippen molar-refractivity contribution >= 4 is 45.6 Å². The zero-order valence-electron chi connectivity index (χ0n) is 11.4. The molecule has 1 aromatic rings. The second-order valence-electron chi connectivity index (χ2n) is 5.22. The molecule has 1 aliphatic rings. The minimum atomic E-state index is 0. The molecule has 1 saturated carbocycles. The lowest BCUT2D eigenvalue weighted by Gasteiger charge is -2.27. The van der Waals surface area contributed by atoms with Crippen LogP contribution >= 0.6 is 39.7 Å². The first-order chi connectivity index (χ1) is 9.15. The van der Waals surface area contributed by atoms with Gasteiger partial charge in [-0.15, -0.1) is 23.7 Å². The number of carbonyl (C=O) groups excluding carboxylic acids is 1. The van der Waals surface area contributed by atoms with Crippen LogP contribution in [0.2, 0.25) is 0 Å². The third-order valence-corrected chi connectivity index (χ3v) is 5.42. The zero-order chi connectivity index (χ0) is 13.7. The third-order valence-electron chi connectivity index (χ3n) is 3.74. The number of amides is 1. The van der Waals surface area contributed by atoms with Crippen LogP contribution in [0, 0.1) is 5.92 Å². The third kappa shape index (κ3) is 5.72. The first-order valence-electron chi connectivity index (χ1n) is 6.91. The molecule has 0 spiro atoms. The first-order valence-corrected chi connectivity index (χ1v) is 8.52. The summed E-state index contributed by atoms with van der Waals surface area (Å²) in [5.41, 5.74) is 6.07. The number of carbonyl (C=O) groups is 1. The average molecular weight is 382 g/mol. The lowest BCUT2D eigenvalue weighted by Crippen LogP contribution is -2.37. The van der Waals surface area contributed by atoms with Gasteiger partial charge in [0.2, 0.25) is 5.91 Å². The summed E-state index contributed by atoms with van der Waals surface area (Å²) in [5, 5.41) is 3.01. The molecule has 0 aromatic carbocycles. The van der Waals surface area contributed by atoms with Gasteiger partial charge in [0, 0.05) is 23.9 Å². The van der Waals surface area contributed by atoms with Crippen LogP contribution in [0.15, 0.2) is 15.9 Å². The Morgan fingerprint density at radius 2 is 2.15 bits per heavy atom. The highest BCUT2D eigenvalue weighted by Gasteiger charge is 2.23. The Balaban J connectivity index is 0.00000200. The molecule has 6 heteroatoms. The average Bonchev–Trinajstić information content (AvgIpc) is 2.78. The summed E-state index contributed by atoms with van der Waals surface area (Å²) >= 11 is 5.16. The van der Waals surface area contributed by atoms with Crippen molar-refractivity contribution in [2.45, 2.75) is 44.6 Å². The molecule has 0 radical (unpaired) electrons. The minimum absolute atomic E-state index is 0. The number of halogens is 2. The molecule has 20 heavy (non-hydrogen) atoms. The highest BCUT2D eigenvalue weighted by molar-refractivity contribution is 9.11. The van der Waals surface area contributed by atoms with Gasteiger partial charge in [-0.2, -0.15) is 0 Å². The molecular formula is C14H22BrClN2OS. The molecule has 3 nitrogen and oxygen atoms in total. The summed E-state index contributed by atoms with van der Waals surface area (Å²) in [6.45, 7) is 0.716. The van der Waals surface area contributed by atoms with Crippen molar-refractivity contribution in [1.29, 1.82) is 0 Å². The van der Waals surface area contributed by atoms with Crippen molar-refractivity contribution in [3.05, 3.63) is 20.8 Å². The molecule has 1 aliphatic carbocycles. The molecule has 2 atom stereocenters. The van der Waals surface area contributed by atoms with Gasteiger partial charge in [0.25, 0.3) is 0 Å². The van der Waals surface area contributed by atoms with Crippen molar-refractivity contribution in [3.63, 3.8) is 0 Å². The van der Waals surface area contributed by atoms with Gasteiger partial charge >= 0.3 is 0 Å². The molecule has 1 heterocycles. The van der Waals surface area contributed by atoms with Crippen LogP contribution in [0.3, 0.4) is 0 Å². The van der Waals surface area contributed by atoms with E-state index >= 15 is 0 Å². The predicted octanol–water partition coefficient (Wildman–Crippen LogP) is 3.50. The van der Waals surface area contributed by atoms with Crippen molar-refractivity contribution in [2.75, 3.05) is 6.54 Å². The number of hydrogen-bond acceptors (Lipinski definition) is 3. The minimum Gasteiger partial charge on any atom is -0.356 e. The fraction of sp³-hybridized carbons (Fsp3) is 0.643. The van der Waals surface area contributed by atoms with Crippen molar-refractivity contribution in [2.24, 2.45) is 11.7 Å². The van der Waals surface area contributed by atoms with Gasteiger partial charge in [-0.25, -0.2) is 0 Å². The van der Waals surface area contributed by atoms with Crippen molar-refractivity contribution in [3.8, 4) is 0 Å². The summed E-state index contributed by atoms with van der Waals surface area (Å²) in [5.74, 6) is 0.530. The van der Waals surface area contributed by atoms with E-state index in [2.05, 4.69) is 27.3 Å². The Morgan fingerprint density at radius 3 is 2.80 bits per heavy atom. The quantitative estimate of drug-likeness (QED) is 0.820. The summed E-state index contributed by atoms with van der Waals surface area (Å²) in [4.78, 5) is 13.2. The Morgan fingerprint density at radius 1 is 1.40 bits per heavy atom. The van der Waals surface area contributed by atoms with Gasteiger partial charge in [0.05, 0.1) is 3.79 Å². The fourth-order valence-corrected chi connectivity index (χ4v) is 4.09. The molecule has 3 N–H and O–H groups in total. The van der Waals surface area contributed by atoms with Crippen molar-refractivity contribution < 1.29 is 4.79 Å². The van der Waals surface area contributed by atoms with Gasteiger partial charge in [-0.05, 0) is 53.2 Å². The number of rotatable bonds is 5. The van der Waals surface area contributed by atoms with Crippen LogP contribution in [0.4, 0.5) is 0 Å². The van der Waals surface area contributed by atoms with Crippen LogP contribution in [0.5, 0.6) is 0 Å². The van der Waals surface area contributed by atoms with E-state index in [1.54, 1.807) is 11.3 Å². The summed E-state index contributed by atoms with van der Waals surface area (Å²) in [6, 6.07) is 4.36. The molecule has 0 aliphatic heterocycles. The maximum absolute atomic E-state index is 11.9. The van der Waals surface area contributed by atoms with Crippen LogP contribution in [-0.4, -0.2) is 18.5 Å². The predicted molar refractivity (Wildman–Crippen MR) is 90.5 cm³/mol. The summed E-state index contributed by atoms with van der Waals surface area (Å²) in [7, 11) is 0. The molecule has 0 bridgehead atoms. The van der Waals surface area contributed by atoms with Crippen molar-refractivity contribution in [1.82, 2.24) is 5.32 Å². The molecule has 0 saturated heterocycles. The number of nitrogens with one attached hydrogen (secondary N) is 1. The molecule has 1 amide bonds. The summed E-state index contributed by atoms with van der Waals surface area (Å²) < 4.78 is 1.14. The first kappa shape index (κ1) is 18.0. The largest absolute Gasteiger partial charge is 0.356 e. The van der Waals surface area contributed by atoms with E-state index in [1.807, 2.05) is 6.07 Å². The van der Waals surface area contributed by atoms with Gasteiger partial charge < -0.3 is 11.1 Å². The van der Waals surface area contributed by atoms with E-state index in [4.69, 9.17) is 5.73 Å². The maximum Gasteiger partial charge on any atom is 0.220 e. The lowest BCUT2D eigenvalue weighted by atomic mass is 9.83. The summed E-state index contributed by atoms with van der Waals surface area (Å²) in [6.07, 6.45) is 6.10. The second kappa shape index (κ2) is 9.03. The van der Waals surface area contributed by atoms with E-state index in [1.165, 1.54) is 17.7 Å². The van der Waals surface area contributed by atoms with E-state index in [0.29, 0.717) is 18.9 Å². The molecule has 1 aromatic heterocycles. The smallest absolute Gasteiger partial charge is 0.220 e. The topological polar surface area (TPSA) is 55.1 Å². The van der Waals surface area contributed by atoms with Crippen LogP contribution in [-0.2, 0) is 11.2 Å². The number of hydrogen-bond donors (Lipinski definition) is 2. The Kier molecular flexibility index (Phi) is 8.10. The standard InChI is InChI=1S/C14H21BrN2OS.ClH/c15-13-6-5-11(19-13)7-8-17-14(18)9-10-3-1-2-4-12(10)16;/h5-6,10,12H,1-4,7-9,16H2,(H,17,18);1H.